The molecule has 11 heteroatoms. The fraction of sp³-hybridized carbons (Fsp3) is 0.500. The molecule has 4 fully saturated rings. The first-order valence-corrected chi connectivity index (χ1v) is 22.8. The van der Waals surface area contributed by atoms with Gasteiger partial charge in [0, 0.05) is 65.9 Å². The van der Waals surface area contributed by atoms with Crippen molar-refractivity contribution in [3.05, 3.63) is 93.2 Å². The van der Waals surface area contributed by atoms with Crippen LogP contribution in [-0.2, 0) is 4.74 Å². The van der Waals surface area contributed by atoms with Crippen LogP contribution in [-0.4, -0.2) is 74.8 Å². The van der Waals surface area contributed by atoms with Crippen LogP contribution in [0.1, 0.15) is 89.4 Å². The number of ether oxygens (including phenoxy) is 1. The van der Waals surface area contributed by atoms with Crippen molar-refractivity contribution in [2.24, 2.45) is 35.0 Å². The van der Waals surface area contributed by atoms with Gasteiger partial charge >= 0.3 is 5.97 Å². The highest BCUT2D eigenvalue weighted by Crippen LogP contribution is 2.65. The van der Waals surface area contributed by atoms with Gasteiger partial charge in [-0.15, -0.1) is 0 Å². The number of anilines is 1. The number of hydrogen-bond donors (Lipinski definition) is 5. The fourth-order valence-electron chi connectivity index (χ4n) is 13.4. The van der Waals surface area contributed by atoms with E-state index in [2.05, 4.69) is 49.3 Å². The number of aliphatic hydroxyl groups is 1. The topological polar surface area (TPSA) is 144 Å². The Balaban J connectivity index is 0.838. The molecule has 61 heavy (non-hydrogen) atoms. The number of fused-ring (bicyclic) bond motifs is 8. The second-order valence-corrected chi connectivity index (χ2v) is 19.9. The third-order valence-electron chi connectivity index (χ3n) is 16.2. The second-order valence-electron chi connectivity index (χ2n) is 19.5. The number of likely N-dealkylation sites (tertiary alicyclic amines) is 1. The molecule has 8 aliphatic rings. The number of carboxylic acids is 1. The van der Waals surface area contributed by atoms with Crippen molar-refractivity contribution >= 4 is 40.0 Å². The molecule has 2 aromatic rings. The van der Waals surface area contributed by atoms with Crippen molar-refractivity contribution in [3.8, 4) is 28.2 Å². The molecule has 2 aromatic carbocycles. The first-order valence-electron chi connectivity index (χ1n) is 22.4. The summed E-state index contributed by atoms with van der Waals surface area (Å²) in [4.78, 5) is 27.7. The molecule has 5 aliphatic carbocycles. The fourth-order valence-corrected chi connectivity index (χ4v) is 13.6. The number of rotatable bonds is 6. The van der Waals surface area contributed by atoms with Gasteiger partial charge in [0.1, 0.15) is 17.1 Å². The summed E-state index contributed by atoms with van der Waals surface area (Å²) in [7, 11) is 0. The standard InChI is InChI=1S/C50H57N3O7S/c1-26-19-44-46(28(3)50(60-44)16-14-34-35-9-5-29-20-33(56)13-15-49(29,4)41(35)24-39(34)27(50)2)53(25-26)18-17-51-48(61)52-30-6-10-36(40(21-30)47(57)58)45-37-11-7-31(54)22-42(37)59-43-23-32(55)8-12-38(43)45/h5-8,10-12,21-23,26,28,33-35,41,44,46,54,56H,9,13-20,24-25H2,1-4H3,(H,57,58)(H2,51,52,61)/t26?,28-,33+,34-,35?,41?,44-,46?,49?,50-/m1/s1. The highest BCUT2D eigenvalue weighted by atomic mass is 32.1. The third-order valence-corrected chi connectivity index (χ3v) is 16.5. The molecule has 2 saturated carbocycles. The normalized spacial score (nSPS) is 33.2. The number of carboxylic acid groups (broad SMARTS) is 1. The highest BCUT2D eigenvalue weighted by Gasteiger charge is 2.61. The maximum Gasteiger partial charge on any atom is 0.336 e. The van der Waals surface area contributed by atoms with Crippen LogP contribution in [0, 0.1) is 35.0 Å². The van der Waals surface area contributed by atoms with Crippen LogP contribution in [0.25, 0.3) is 33.4 Å². The summed E-state index contributed by atoms with van der Waals surface area (Å²) in [6, 6.07) is 14.5. The molecule has 5 unspecified atom stereocenters. The van der Waals surface area contributed by atoms with Crippen molar-refractivity contribution in [1.82, 2.24) is 10.2 Å². The van der Waals surface area contributed by atoms with Crippen LogP contribution >= 0.6 is 12.2 Å². The Bertz CT molecular complexity index is 2550. The number of aromatic hydroxyl groups is 1. The van der Waals surface area contributed by atoms with Gasteiger partial charge in [-0.1, -0.05) is 44.1 Å². The van der Waals surface area contributed by atoms with Gasteiger partial charge in [-0.2, -0.15) is 0 Å². The van der Waals surface area contributed by atoms with Crippen LogP contribution in [0.4, 0.5) is 5.69 Å². The summed E-state index contributed by atoms with van der Waals surface area (Å²) in [6.07, 6.45) is 11.0. The summed E-state index contributed by atoms with van der Waals surface area (Å²) in [6.45, 7) is 12.1. The van der Waals surface area contributed by atoms with Crippen molar-refractivity contribution in [2.45, 2.75) is 103 Å². The summed E-state index contributed by atoms with van der Waals surface area (Å²) in [5.74, 6) is 2.03. The van der Waals surface area contributed by atoms with Crippen molar-refractivity contribution in [2.75, 3.05) is 25.0 Å². The number of allylic oxidation sites excluding steroid dienone is 2. The van der Waals surface area contributed by atoms with Crippen LogP contribution in [0.15, 0.2) is 86.6 Å². The minimum atomic E-state index is -1.12. The van der Waals surface area contributed by atoms with Crippen LogP contribution < -0.4 is 16.1 Å². The van der Waals surface area contributed by atoms with E-state index >= 15 is 0 Å². The number of benzene rings is 3. The van der Waals surface area contributed by atoms with E-state index in [1.54, 1.807) is 35.9 Å². The lowest BCUT2D eigenvalue weighted by Gasteiger charge is -2.49. The maximum atomic E-state index is 12.8. The molecule has 1 spiro atoms. The molecule has 3 heterocycles. The van der Waals surface area contributed by atoms with Gasteiger partial charge in [-0.3, -0.25) is 9.69 Å². The quantitative estimate of drug-likeness (QED) is 0.0721. The lowest BCUT2D eigenvalue weighted by Crippen LogP contribution is -2.54. The van der Waals surface area contributed by atoms with Crippen LogP contribution in [0.3, 0.4) is 0 Å². The molecule has 320 valence electrons. The molecule has 0 aromatic heterocycles. The molecule has 10 atom stereocenters. The smallest absolute Gasteiger partial charge is 0.336 e. The van der Waals surface area contributed by atoms with E-state index < -0.39 is 5.97 Å². The molecule has 10 nitrogen and oxygen atoms in total. The number of aromatic carboxylic acids is 1. The Morgan fingerprint density at radius 2 is 1.85 bits per heavy atom. The number of piperidine rings is 1. The molecular formula is C50H57N3O7S. The van der Waals surface area contributed by atoms with E-state index in [9.17, 15) is 24.9 Å². The summed E-state index contributed by atoms with van der Waals surface area (Å²) < 4.78 is 13.4. The van der Waals surface area contributed by atoms with Gasteiger partial charge in [0.15, 0.2) is 10.5 Å². The maximum absolute atomic E-state index is 12.8. The molecule has 3 aliphatic heterocycles. The molecule has 0 radical (unpaired) electrons. The number of carbonyl (C=O) groups is 1. The minimum Gasteiger partial charge on any atom is -0.508 e. The van der Waals surface area contributed by atoms with E-state index in [1.165, 1.54) is 48.3 Å². The first kappa shape index (κ1) is 40.5. The van der Waals surface area contributed by atoms with Gasteiger partial charge in [0.25, 0.3) is 0 Å². The van der Waals surface area contributed by atoms with Gasteiger partial charge in [-0.05, 0) is 147 Å². The Labute approximate surface area is 362 Å². The monoisotopic (exact) mass is 843 g/mol. The number of phenols is 1. The minimum absolute atomic E-state index is 0.00640. The van der Waals surface area contributed by atoms with Crippen LogP contribution in [0.5, 0.6) is 5.75 Å². The summed E-state index contributed by atoms with van der Waals surface area (Å²) in [5, 5.41) is 38.8. The SMILES string of the molecule is CC1=C2CC3C(CC=C4C[C@@H](O)CCC43C)[C@H]2CC[C@@]12O[C@@H]1CC(C)CN(CCNC(=S)Nc3ccc(-c4c5ccc(=O)cc-5oc5cc(O)ccc45)c(C(=O)O)c3)C1[C@H]2C. The average molecular weight is 844 g/mol. The number of hydrogen-bond acceptors (Lipinski definition) is 8. The van der Waals surface area contributed by atoms with Crippen molar-refractivity contribution in [1.29, 1.82) is 0 Å². The van der Waals surface area contributed by atoms with Gasteiger partial charge in [0.05, 0.1) is 23.4 Å². The Hall–Kier alpha value is -4.55. The molecule has 0 amide bonds. The average Bonchev–Trinajstić information content (AvgIpc) is 3.74. The predicted molar refractivity (Wildman–Crippen MR) is 241 cm³/mol. The number of phenolic OH excluding ortho intramolecular Hbond substituents is 1. The van der Waals surface area contributed by atoms with Gasteiger partial charge in [0.2, 0.25) is 0 Å². The van der Waals surface area contributed by atoms with Crippen LogP contribution in [0.2, 0.25) is 0 Å². The van der Waals surface area contributed by atoms with E-state index in [0.717, 1.165) is 51.6 Å². The third kappa shape index (κ3) is 6.64. The predicted octanol–water partition coefficient (Wildman–Crippen LogP) is 8.98. The number of aliphatic hydroxyl groups excluding tert-OH is 1. The van der Waals surface area contributed by atoms with E-state index in [1.807, 2.05) is 0 Å². The first-order chi connectivity index (χ1) is 29.2. The van der Waals surface area contributed by atoms with Gasteiger partial charge < -0.3 is 35.1 Å². The zero-order chi connectivity index (χ0) is 42.5. The van der Waals surface area contributed by atoms with Crippen molar-refractivity contribution in [3.63, 3.8) is 0 Å². The summed E-state index contributed by atoms with van der Waals surface area (Å²) in [5.41, 5.74) is 6.99. The Morgan fingerprint density at radius 1 is 1.03 bits per heavy atom. The molecule has 0 bridgehead atoms. The van der Waals surface area contributed by atoms with Gasteiger partial charge in [-0.25, -0.2) is 4.79 Å². The molecule has 2 saturated heterocycles. The van der Waals surface area contributed by atoms with E-state index in [-0.39, 0.29) is 40.0 Å². The highest BCUT2D eigenvalue weighted by molar-refractivity contribution is 7.80. The Morgan fingerprint density at radius 3 is 2.67 bits per heavy atom. The second kappa shape index (κ2) is 15.1. The van der Waals surface area contributed by atoms with E-state index in [0.29, 0.717) is 86.4 Å². The lowest BCUT2D eigenvalue weighted by atomic mass is 9.56. The lowest BCUT2D eigenvalue weighted by molar-refractivity contribution is -0.0646. The summed E-state index contributed by atoms with van der Waals surface area (Å²) >= 11 is 5.78. The number of nitrogens with one attached hydrogen (secondary N) is 2. The molecule has 5 N–H and O–H groups in total. The molecular weight excluding hydrogens is 787 g/mol. The molecule has 10 rings (SSSR count). The van der Waals surface area contributed by atoms with Crippen molar-refractivity contribution < 1.29 is 29.3 Å². The zero-order valence-corrected chi connectivity index (χ0v) is 36.3. The van der Waals surface area contributed by atoms with E-state index in [4.69, 9.17) is 21.4 Å². The number of nitrogens with zero attached hydrogens (tertiary/aromatic N) is 1. The number of thiocarbonyl (C=S) groups is 1. The zero-order valence-electron chi connectivity index (χ0n) is 35.5. The largest absolute Gasteiger partial charge is 0.508 e. The Kier molecular flexibility index (Phi) is 10.0.